The average Bonchev–Trinajstić information content (AvgIpc) is 3.25. The highest BCUT2D eigenvalue weighted by atomic mass is 32.2. The number of aryl methyl sites for hydroxylation is 1. The van der Waals surface area contributed by atoms with Gasteiger partial charge in [0, 0.05) is 13.2 Å². The lowest BCUT2D eigenvalue weighted by Crippen LogP contribution is -2.44. The Hall–Kier alpha value is -1.44. The first-order valence-corrected chi connectivity index (χ1v) is 9.30. The molecule has 1 heterocycles. The molecule has 1 aliphatic heterocycles. The molecule has 1 atom stereocenters. The minimum absolute atomic E-state index is 0.0870. The summed E-state index contributed by atoms with van der Waals surface area (Å²) in [6, 6.07) is 4.05. The second-order valence-corrected chi connectivity index (χ2v) is 8.16. The van der Waals surface area contributed by atoms with Gasteiger partial charge in [-0.3, -0.25) is 0 Å². The number of carbonyl (C=O) groups is 1. The van der Waals surface area contributed by atoms with Crippen LogP contribution in [0.2, 0.25) is 0 Å². The Bertz CT molecular complexity index is 718. The summed E-state index contributed by atoms with van der Waals surface area (Å²) in [7, 11) is -3.68. The first-order chi connectivity index (χ1) is 10.8. The summed E-state index contributed by atoms with van der Waals surface area (Å²) in [5.41, 5.74) is 0.176. The Morgan fingerprint density at radius 2 is 2.17 bits per heavy atom. The molecule has 7 heteroatoms. The highest BCUT2D eigenvalue weighted by molar-refractivity contribution is 7.89. The molecule has 6 nitrogen and oxygen atoms in total. The summed E-state index contributed by atoms with van der Waals surface area (Å²) in [4.78, 5) is 11.1. The molecule has 0 aromatic heterocycles. The number of hydrogen-bond donors (Lipinski definition) is 2. The Morgan fingerprint density at radius 1 is 1.43 bits per heavy atom. The van der Waals surface area contributed by atoms with Crippen molar-refractivity contribution in [1.82, 2.24) is 4.72 Å². The van der Waals surface area contributed by atoms with Gasteiger partial charge in [-0.05, 0) is 62.3 Å². The molecule has 1 aliphatic carbocycles. The standard InChI is InChI=1S/C16H21NO5S/c1-11-9-13(5-6-14(11)15(18)19)23(20,21)17-10-16(12-3-4-12)7-2-8-22-16/h5-6,9,12,17H,2-4,7-8,10H2,1H3,(H,18,19). The highest BCUT2D eigenvalue weighted by Crippen LogP contribution is 2.46. The van der Waals surface area contributed by atoms with Gasteiger partial charge in [0.25, 0.3) is 0 Å². The fourth-order valence-corrected chi connectivity index (χ4v) is 4.46. The van der Waals surface area contributed by atoms with Crippen LogP contribution in [0.3, 0.4) is 0 Å². The molecule has 1 saturated heterocycles. The molecule has 0 radical (unpaired) electrons. The monoisotopic (exact) mass is 339 g/mol. The Balaban J connectivity index is 1.76. The molecule has 1 unspecified atom stereocenters. The van der Waals surface area contributed by atoms with Gasteiger partial charge in [0.05, 0.1) is 16.1 Å². The molecule has 1 saturated carbocycles. The molecule has 1 aromatic carbocycles. The number of rotatable bonds is 6. The van der Waals surface area contributed by atoms with Gasteiger partial charge in [-0.2, -0.15) is 0 Å². The molecule has 2 N–H and O–H groups in total. The van der Waals surface area contributed by atoms with Crippen molar-refractivity contribution in [3.05, 3.63) is 29.3 Å². The van der Waals surface area contributed by atoms with Crippen LogP contribution in [0, 0.1) is 12.8 Å². The predicted molar refractivity (Wildman–Crippen MR) is 84.0 cm³/mol. The van der Waals surface area contributed by atoms with Crippen LogP contribution in [0.25, 0.3) is 0 Å². The first-order valence-electron chi connectivity index (χ1n) is 7.82. The van der Waals surface area contributed by atoms with E-state index < -0.39 is 16.0 Å². The van der Waals surface area contributed by atoms with Crippen molar-refractivity contribution in [1.29, 1.82) is 0 Å². The molecule has 1 aromatic rings. The van der Waals surface area contributed by atoms with Crippen LogP contribution >= 0.6 is 0 Å². The molecular weight excluding hydrogens is 318 g/mol. The number of benzene rings is 1. The van der Waals surface area contributed by atoms with Crippen LogP contribution in [0.1, 0.15) is 41.6 Å². The molecule has 3 rings (SSSR count). The Kier molecular flexibility index (Phi) is 4.20. The quantitative estimate of drug-likeness (QED) is 0.826. The van der Waals surface area contributed by atoms with Crippen molar-refractivity contribution in [3.63, 3.8) is 0 Å². The molecule has 2 aliphatic rings. The van der Waals surface area contributed by atoms with Crippen LogP contribution in [0.5, 0.6) is 0 Å². The second kappa shape index (κ2) is 5.89. The molecular formula is C16H21NO5S. The zero-order chi connectivity index (χ0) is 16.7. The lowest BCUT2D eigenvalue weighted by Gasteiger charge is -2.28. The predicted octanol–water partition coefficient (Wildman–Crippen LogP) is 1.93. The minimum Gasteiger partial charge on any atom is -0.478 e. The van der Waals surface area contributed by atoms with E-state index in [0.29, 0.717) is 18.1 Å². The molecule has 126 valence electrons. The van der Waals surface area contributed by atoms with Crippen LogP contribution in [0.4, 0.5) is 0 Å². The molecule has 23 heavy (non-hydrogen) atoms. The fraction of sp³-hybridized carbons (Fsp3) is 0.562. The summed E-state index contributed by atoms with van der Waals surface area (Å²) >= 11 is 0. The van der Waals surface area contributed by atoms with Crippen molar-refractivity contribution >= 4 is 16.0 Å². The lowest BCUT2D eigenvalue weighted by atomic mass is 9.94. The average molecular weight is 339 g/mol. The smallest absolute Gasteiger partial charge is 0.335 e. The van der Waals surface area contributed by atoms with Crippen molar-refractivity contribution < 1.29 is 23.1 Å². The summed E-state index contributed by atoms with van der Waals surface area (Å²) in [5.74, 6) is -0.615. The summed E-state index contributed by atoms with van der Waals surface area (Å²) < 4.78 is 33.5. The third kappa shape index (κ3) is 3.27. The van der Waals surface area contributed by atoms with E-state index in [1.54, 1.807) is 6.92 Å². The number of carboxylic acids is 1. The lowest BCUT2D eigenvalue weighted by molar-refractivity contribution is -0.00953. The van der Waals surface area contributed by atoms with Gasteiger partial charge in [0.1, 0.15) is 0 Å². The number of nitrogens with one attached hydrogen (secondary N) is 1. The van der Waals surface area contributed by atoms with E-state index in [2.05, 4.69) is 4.72 Å². The maximum absolute atomic E-state index is 12.5. The van der Waals surface area contributed by atoms with Crippen LogP contribution < -0.4 is 4.72 Å². The SMILES string of the molecule is Cc1cc(S(=O)(=O)NCC2(C3CC3)CCCO2)ccc1C(=O)O. The molecule has 2 fully saturated rings. The Morgan fingerprint density at radius 3 is 2.70 bits per heavy atom. The van der Waals surface area contributed by atoms with Crippen molar-refractivity contribution in [2.75, 3.05) is 13.2 Å². The van der Waals surface area contributed by atoms with E-state index in [9.17, 15) is 13.2 Å². The van der Waals surface area contributed by atoms with E-state index in [0.717, 1.165) is 25.7 Å². The van der Waals surface area contributed by atoms with Gasteiger partial charge in [0.15, 0.2) is 0 Å². The third-order valence-electron chi connectivity index (χ3n) is 4.76. The van der Waals surface area contributed by atoms with Gasteiger partial charge in [-0.15, -0.1) is 0 Å². The van der Waals surface area contributed by atoms with E-state index in [1.165, 1.54) is 18.2 Å². The summed E-state index contributed by atoms with van der Waals surface area (Å²) in [6.45, 7) is 2.55. The van der Waals surface area contributed by atoms with Crippen LogP contribution in [-0.2, 0) is 14.8 Å². The summed E-state index contributed by atoms with van der Waals surface area (Å²) in [6.07, 6.45) is 4.03. The first kappa shape index (κ1) is 16.4. The van der Waals surface area contributed by atoms with Gasteiger partial charge in [-0.1, -0.05) is 0 Å². The number of ether oxygens (including phenoxy) is 1. The molecule has 0 bridgehead atoms. The van der Waals surface area contributed by atoms with E-state index in [4.69, 9.17) is 9.84 Å². The number of aromatic carboxylic acids is 1. The molecule has 0 amide bonds. The highest BCUT2D eigenvalue weighted by Gasteiger charge is 2.48. The van der Waals surface area contributed by atoms with Gasteiger partial charge in [0.2, 0.25) is 10.0 Å². The van der Waals surface area contributed by atoms with Crippen LogP contribution in [0.15, 0.2) is 23.1 Å². The van der Waals surface area contributed by atoms with E-state index >= 15 is 0 Å². The van der Waals surface area contributed by atoms with Crippen molar-refractivity contribution in [2.45, 2.75) is 43.1 Å². The van der Waals surface area contributed by atoms with Crippen molar-refractivity contribution in [3.8, 4) is 0 Å². The third-order valence-corrected chi connectivity index (χ3v) is 6.15. The topological polar surface area (TPSA) is 92.7 Å². The van der Waals surface area contributed by atoms with E-state index in [-0.39, 0.29) is 22.6 Å². The number of sulfonamides is 1. The fourth-order valence-electron chi connectivity index (χ4n) is 3.28. The largest absolute Gasteiger partial charge is 0.478 e. The minimum atomic E-state index is -3.68. The zero-order valence-corrected chi connectivity index (χ0v) is 13.9. The van der Waals surface area contributed by atoms with E-state index in [1.807, 2.05) is 0 Å². The number of hydrogen-bond acceptors (Lipinski definition) is 4. The van der Waals surface area contributed by atoms with Gasteiger partial charge < -0.3 is 9.84 Å². The Labute approximate surface area is 135 Å². The summed E-state index contributed by atoms with van der Waals surface area (Å²) in [5, 5.41) is 9.03. The molecule has 0 spiro atoms. The van der Waals surface area contributed by atoms with Crippen LogP contribution in [-0.4, -0.2) is 38.2 Å². The van der Waals surface area contributed by atoms with Gasteiger partial charge >= 0.3 is 5.97 Å². The zero-order valence-electron chi connectivity index (χ0n) is 13.0. The normalized spacial score (nSPS) is 24.7. The maximum atomic E-state index is 12.5. The second-order valence-electron chi connectivity index (χ2n) is 6.40. The van der Waals surface area contributed by atoms with Gasteiger partial charge in [-0.25, -0.2) is 17.9 Å². The number of carboxylic acid groups (broad SMARTS) is 1. The van der Waals surface area contributed by atoms with Crippen molar-refractivity contribution in [2.24, 2.45) is 5.92 Å². The maximum Gasteiger partial charge on any atom is 0.335 e.